The van der Waals surface area contributed by atoms with Gasteiger partial charge in [-0.2, -0.15) is 0 Å². The van der Waals surface area contributed by atoms with Crippen molar-refractivity contribution in [3.8, 4) is 0 Å². The lowest BCUT2D eigenvalue weighted by Crippen LogP contribution is -2.21. The summed E-state index contributed by atoms with van der Waals surface area (Å²) in [5, 5.41) is 1.20. The molecule has 1 saturated heterocycles. The summed E-state index contributed by atoms with van der Waals surface area (Å²) in [6, 6.07) is 1.73. The molecule has 1 fully saturated rings. The molecule has 2 heterocycles. The topological polar surface area (TPSA) is 16.1 Å². The van der Waals surface area contributed by atoms with Crippen molar-refractivity contribution in [3.63, 3.8) is 0 Å². The van der Waals surface area contributed by atoms with Gasteiger partial charge in [-0.15, -0.1) is 0 Å². The van der Waals surface area contributed by atoms with Gasteiger partial charge in [0.25, 0.3) is 0 Å². The standard InChI is InChI=1S/C9H9BrCl2N2/c10-6-1-2-14(5-6)9-8(12)3-7(11)4-13-9/h3-4,6H,1-2,5H2. The van der Waals surface area contributed by atoms with E-state index in [1.807, 2.05) is 0 Å². The highest BCUT2D eigenvalue weighted by atomic mass is 79.9. The summed E-state index contributed by atoms with van der Waals surface area (Å²) < 4.78 is 0. The molecule has 76 valence electrons. The lowest BCUT2D eigenvalue weighted by atomic mass is 10.4. The zero-order chi connectivity index (χ0) is 10.1. The summed E-state index contributed by atoms with van der Waals surface area (Å²) in [6.07, 6.45) is 2.75. The minimum atomic E-state index is 0.538. The number of aromatic nitrogens is 1. The van der Waals surface area contributed by atoms with Gasteiger partial charge in [-0.05, 0) is 12.5 Å². The van der Waals surface area contributed by atoms with Gasteiger partial charge in [0.05, 0.1) is 10.0 Å². The van der Waals surface area contributed by atoms with E-state index in [2.05, 4.69) is 25.8 Å². The van der Waals surface area contributed by atoms with Gasteiger partial charge in [-0.3, -0.25) is 0 Å². The summed E-state index contributed by atoms with van der Waals surface area (Å²) in [6.45, 7) is 1.94. The molecule has 1 aliphatic heterocycles. The van der Waals surface area contributed by atoms with E-state index >= 15 is 0 Å². The third kappa shape index (κ3) is 2.15. The van der Waals surface area contributed by atoms with Crippen molar-refractivity contribution in [1.82, 2.24) is 4.98 Å². The maximum absolute atomic E-state index is 6.05. The first kappa shape index (κ1) is 10.5. The van der Waals surface area contributed by atoms with Crippen molar-refractivity contribution >= 4 is 44.9 Å². The van der Waals surface area contributed by atoms with Crippen LogP contribution in [0.25, 0.3) is 0 Å². The normalized spacial score (nSPS) is 21.6. The molecular weight excluding hydrogens is 287 g/mol. The average molecular weight is 296 g/mol. The Bertz CT molecular complexity index is 346. The largest absolute Gasteiger partial charge is 0.354 e. The van der Waals surface area contributed by atoms with Crippen molar-refractivity contribution < 1.29 is 0 Å². The van der Waals surface area contributed by atoms with E-state index in [0.717, 1.165) is 25.3 Å². The fourth-order valence-corrected chi connectivity index (χ4v) is 2.60. The molecule has 0 saturated carbocycles. The molecule has 14 heavy (non-hydrogen) atoms. The number of hydrogen-bond donors (Lipinski definition) is 0. The highest BCUT2D eigenvalue weighted by Crippen LogP contribution is 2.29. The molecule has 0 spiro atoms. The Kier molecular flexibility index (Phi) is 3.20. The first-order valence-corrected chi connectivity index (χ1v) is 6.04. The van der Waals surface area contributed by atoms with E-state index in [1.54, 1.807) is 12.3 Å². The molecule has 0 aliphatic carbocycles. The Morgan fingerprint density at radius 1 is 1.50 bits per heavy atom. The molecule has 0 N–H and O–H groups in total. The summed E-state index contributed by atoms with van der Waals surface area (Å²) in [5.41, 5.74) is 0. The Morgan fingerprint density at radius 2 is 2.29 bits per heavy atom. The molecule has 2 nitrogen and oxygen atoms in total. The zero-order valence-corrected chi connectivity index (χ0v) is 10.5. The first-order valence-electron chi connectivity index (χ1n) is 4.37. The van der Waals surface area contributed by atoms with Crippen LogP contribution in [0.2, 0.25) is 10.0 Å². The Morgan fingerprint density at radius 3 is 2.86 bits per heavy atom. The summed E-state index contributed by atoms with van der Waals surface area (Å²) >= 11 is 15.4. The van der Waals surface area contributed by atoms with E-state index in [-0.39, 0.29) is 0 Å². The third-order valence-electron chi connectivity index (χ3n) is 2.22. The highest BCUT2D eigenvalue weighted by Gasteiger charge is 2.22. The van der Waals surface area contributed by atoms with Crippen LogP contribution in [-0.2, 0) is 0 Å². The lowest BCUT2D eigenvalue weighted by molar-refractivity contribution is 0.938. The second-order valence-corrected chi connectivity index (χ2v) is 5.43. The predicted octanol–water partition coefficient (Wildman–Crippen LogP) is 3.36. The lowest BCUT2D eigenvalue weighted by Gasteiger charge is -2.17. The van der Waals surface area contributed by atoms with Crippen LogP contribution in [-0.4, -0.2) is 22.9 Å². The Hall–Kier alpha value is 0.01000. The summed E-state index contributed by atoms with van der Waals surface area (Å²) in [5.74, 6) is 0.831. The second kappa shape index (κ2) is 4.25. The van der Waals surface area contributed by atoms with Gasteiger partial charge < -0.3 is 4.90 Å². The molecule has 1 aromatic rings. The molecule has 1 aliphatic rings. The van der Waals surface area contributed by atoms with Crippen LogP contribution in [0.5, 0.6) is 0 Å². The van der Waals surface area contributed by atoms with E-state index in [9.17, 15) is 0 Å². The predicted molar refractivity (Wildman–Crippen MR) is 63.8 cm³/mol. The number of rotatable bonds is 1. The Labute approximate surface area is 101 Å². The molecule has 2 rings (SSSR count). The molecule has 1 unspecified atom stereocenters. The van der Waals surface area contributed by atoms with Gasteiger partial charge in [0.2, 0.25) is 0 Å². The molecular formula is C9H9BrCl2N2. The van der Waals surface area contributed by atoms with E-state index in [0.29, 0.717) is 14.9 Å². The SMILES string of the molecule is Clc1cnc(N2CCC(Br)C2)c(Cl)c1. The molecule has 0 radical (unpaired) electrons. The van der Waals surface area contributed by atoms with Crippen molar-refractivity contribution in [3.05, 3.63) is 22.3 Å². The van der Waals surface area contributed by atoms with Gasteiger partial charge in [0.15, 0.2) is 0 Å². The number of nitrogens with zero attached hydrogens (tertiary/aromatic N) is 2. The number of halogens is 3. The molecule has 5 heteroatoms. The van der Waals surface area contributed by atoms with Crippen LogP contribution in [0.3, 0.4) is 0 Å². The van der Waals surface area contributed by atoms with Crippen LogP contribution < -0.4 is 4.90 Å². The van der Waals surface area contributed by atoms with Crippen LogP contribution in [0.4, 0.5) is 5.82 Å². The van der Waals surface area contributed by atoms with Crippen LogP contribution >= 0.6 is 39.1 Å². The third-order valence-corrected chi connectivity index (χ3v) is 3.45. The van der Waals surface area contributed by atoms with Gasteiger partial charge in [0, 0.05) is 24.1 Å². The van der Waals surface area contributed by atoms with Crippen LogP contribution in [0.1, 0.15) is 6.42 Å². The van der Waals surface area contributed by atoms with Crippen molar-refractivity contribution in [2.45, 2.75) is 11.2 Å². The van der Waals surface area contributed by atoms with Crippen LogP contribution in [0.15, 0.2) is 12.3 Å². The zero-order valence-electron chi connectivity index (χ0n) is 7.38. The number of anilines is 1. The van der Waals surface area contributed by atoms with Crippen LogP contribution in [0, 0.1) is 0 Å². The molecule has 1 aromatic heterocycles. The monoisotopic (exact) mass is 294 g/mol. The minimum Gasteiger partial charge on any atom is -0.354 e. The van der Waals surface area contributed by atoms with E-state index in [1.165, 1.54) is 0 Å². The smallest absolute Gasteiger partial charge is 0.147 e. The number of hydrogen-bond acceptors (Lipinski definition) is 2. The van der Waals surface area contributed by atoms with Gasteiger partial charge in [-0.1, -0.05) is 39.1 Å². The summed E-state index contributed by atoms with van der Waals surface area (Å²) in [4.78, 5) is 6.94. The van der Waals surface area contributed by atoms with Gasteiger partial charge >= 0.3 is 0 Å². The maximum atomic E-state index is 6.05. The first-order chi connectivity index (χ1) is 6.66. The maximum Gasteiger partial charge on any atom is 0.147 e. The van der Waals surface area contributed by atoms with Crippen molar-refractivity contribution in [2.24, 2.45) is 0 Å². The van der Waals surface area contributed by atoms with Gasteiger partial charge in [0.1, 0.15) is 5.82 Å². The average Bonchev–Trinajstić information content (AvgIpc) is 2.51. The minimum absolute atomic E-state index is 0.538. The Balaban J connectivity index is 2.24. The van der Waals surface area contributed by atoms with Crippen molar-refractivity contribution in [2.75, 3.05) is 18.0 Å². The number of pyridine rings is 1. The molecule has 1 atom stereocenters. The van der Waals surface area contributed by atoms with E-state index < -0.39 is 0 Å². The molecule has 0 bridgehead atoms. The summed E-state index contributed by atoms with van der Waals surface area (Å²) in [7, 11) is 0. The van der Waals surface area contributed by atoms with E-state index in [4.69, 9.17) is 23.2 Å². The molecule has 0 amide bonds. The quantitative estimate of drug-likeness (QED) is 0.739. The highest BCUT2D eigenvalue weighted by molar-refractivity contribution is 9.09. The number of alkyl halides is 1. The van der Waals surface area contributed by atoms with Crippen molar-refractivity contribution in [1.29, 1.82) is 0 Å². The molecule has 0 aromatic carbocycles. The van der Waals surface area contributed by atoms with Gasteiger partial charge in [-0.25, -0.2) is 4.98 Å². The fourth-order valence-electron chi connectivity index (χ4n) is 1.55. The fraction of sp³-hybridized carbons (Fsp3) is 0.444. The second-order valence-electron chi connectivity index (χ2n) is 3.29.